The number of hydrogen-bond donors (Lipinski definition) is 1. The molecule has 1 atom stereocenters. The molecule has 0 spiro atoms. The molecule has 1 N–H and O–H groups in total. The van der Waals surface area contributed by atoms with Crippen LogP contribution in [0.15, 0.2) is 24.3 Å². The standard InChI is InChI=1S/C12H12FNO3S/c13-9-4-2-1-3-8(9)5-11(15)14-7-18-6-10(14)12(16)17/h1-4,10H,5-7H2,(H,16,17). The molecule has 0 bridgehead atoms. The van der Waals surface area contributed by atoms with E-state index in [9.17, 15) is 14.0 Å². The molecule has 0 radical (unpaired) electrons. The van der Waals surface area contributed by atoms with Gasteiger partial charge in [0.25, 0.3) is 0 Å². The van der Waals surface area contributed by atoms with E-state index in [1.54, 1.807) is 12.1 Å². The third-order valence-corrected chi connectivity index (χ3v) is 3.80. The monoisotopic (exact) mass is 269 g/mol. The van der Waals surface area contributed by atoms with Crippen LogP contribution in [-0.2, 0) is 16.0 Å². The number of carboxylic acid groups (broad SMARTS) is 1. The van der Waals surface area contributed by atoms with E-state index in [0.29, 0.717) is 17.2 Å². The molecule has 4 nitrogen and oxygen atoms in total. The van der Waals surface area contributed by atoms with E-state index in [2.05, 4.69) is 0 Å². The summed E-state index contributed by atoms with van der Waals surface area (Å²) in [5, 5.41) is 8.97. The Morgan fingerprint density at radius 1 is 1.44 bits per heavy atom. The fourth-order valence-corrected chi connectivity index (χ4v) is 2.97. The summed E-state index contributed by atoms with van der Waals surface area (Å²) in [6.45, 7) is 0. The number of thioether (sulfide) groups is 1. The Morgan fingerprint density at radius 3 is 2.83 bits per heavy atom. The lowest BCUT2D eigenvalue weighted by molar-refractivity contribution is -0.147. The molecule has 0 aliphatic carbocycles. The summed E-state index contributed by atoms with van der Waals surface area (Å²) in [5.74, 6) is -1.06. The molecule has 6 heteroatoms. The van der Waals surface area contributed by atoms with Crippen molar-refractivity contribution in [2.45, 2.75) is 12.5 Å². The quantitative estimate of drug-likeness (QED) is 0.900. The maximum Gasteiger partial charge on any atom is 0.327 e. The smallest absolute Gasteiger partial charge is 0.327 e. The van der Waals surface area contributed by atoms with E-state index in [0.717, 1.165) is 0 Å². The van der Waals surface area contributed by atoms with Gasteiger partial charge >= 0.3 is 5.97 Å². The van der Waals surface area contributed by atoms with Gasteiger partial charge in [0.15, 0.2) is 0 Å². The van der Waals surface area contributed by atoms with Crippen molar-refractivity contribution in [3.8, 4) is 0 Å². The average molecular weight is 269 g/mol. The molecular weight excluding hydrogens is 257 g/mol. The predicted octanol–water partition coefficient (Wildman–Crippen LogP) is 1.35. The molecular formula is C12H12FNO3S. The van der Waals surface area contributed by atoms with Crippen LogP contribution in [0.1, 0.15) is 5.56 Å². The zero-order valence-corrected chi connectivity index (χ0v) is 10.3. The predicted molar refractivity (Wildman–Crippen MR) is 65.7 cm³/mol. The van der Waals surface area contributed by atoms with Crippen molar-refractivity contribution in [2.75, 3.05) is 11.6 Å². The third-order valence-electron chi connectivity index (χ3n) is 2.79. The highest BCUT2D eigenvalue weighted by atomic mass is 32.2. The average Bonchev–Trinajstić information content (AvgIpc) is 2.81. The number of carbonyl (C=O) groups excluding carboxylic acids is 1. The van der Waals surface area contributed by atoms with E-state index in [4.69, 9.17) is 5.11 Å². The summed E-state index contributed by atoms with van der Waals surface area (Å²) in [7, 11) is 0. The SMILES string of the molecule is O=C(O)C1CSCN1C(=O)Cc1ccccc1F. The lowest BCUT2D eigenvalue weighted by Gasteiger charge is -2.20. The first-order valence-corrected chi connectivity index (χ1v) is 6.58. The summed E-state index contributed by atoms with van der Waals surface area (Å²) < 4.78 is 13.4. The van der Waals surface area contributed by atoms with Gasteiger partial charge in [-0.25, -0.2) is 9.18 Å². The van der Waals surface area contributed by atoms with Crippen LogP contribution in [0.3, 0.4) is 0 Å². The molecule has 96 valence electrons. The minimum absolute atomic E-state index is 0.100. The Hall–Kier alpha value is -1.56. The second kappa shape index (κ2) is 5.39. The number of hydrogen-bond acceptors (Lipinski definition) is 3. The lowest BCUT2D eigenvalue weighted by atomic mass is 10.1. The molecule has 1 aromatic carbocycles. The van der Waals surface area contributed by atoms with Gasteiger partial charge in [-0.05, 0) is 11.6 Å². The van der Waals surface area contributed by atoms with Crippen LogP contribution < -0.4 is 0 Å². The molecule has 1 heterocycles. The van der Waals surface area contributed by atoms with Crippen LogP contribution >= 0.6 is 11.8 Å². The van der Waals surface area contributed by atoms with Gasteiger partial charge in [0.05, 0.1) is 12.3 Å². The highest BCUT2D eigenvalue weighted by Crippen LogP contribution is 2.22. The van der Waals surface area contributed by atoms with Crippen molar-refractivity contribution in [2.24, 2.45) is 0 Å². The van der Waals surface area contributed by atoms with Gasteiger partial charge in [0.2, 0.25) is 5.91 Å². The third kappa shape index (κ3) is 2.64. The van der Waals surface area contributed by atoms with E-state index in [-0.39, 0.29) is 12.3 Å². The van der Waals surface area contributed by atoms with Crippen LogP contribution in [0, 0.1) is 5.82 Å². The zero-order chi connectivity index (χ0) is 13.1. The second-order valence-corrected chi connectivity index (χ2v) is 4.99. The molecule has 1 unspecified atom stereocenters. The minimum atomic E-state index is -1.01. The normalized spacial score (nSPS) is 18.9. The van der Waals surface area contributed by atoms with Crippen LogP contribution in [-0.4, -0.2) is 39.6 Å². The van der Waals surface area contributed by atoms with Crippen molar-refractivity contribution in [3.05, 3.63) is 35.6 Å². The Balaban J connectivity index is 2.08. The summed E-state index contributed by atoms with van der Waals surface area (Å²) in [6.07, 6.45) is -0.100. The van der Waals surface area contributed by atoms with Crippen LogP contribution in [0.4, 0.5) is 4.39 Å². The summed E-state index contributed by atoms with van der Waals surface area (Å²) in [5.41, 5.74) is 0.295. The largest absolute Gasteiger partial charge is 0.480 e. The molecule has 0 aromatic heterocycles. The first kappa shape index (κ1) is 12.9. The van der Waals surface area contributed by atoms with Crippen LogP contribution in [0.2, 0.25) is 0 Å². The fourth-order valence-electron chi connectivity index (χ4n) is 1.80. The van der Waals surface area contributed by atoms with Gasteiger partial charge in [-0.1, -0.05) is 18.2 Å². The number of rotatable bonds is 3. The number of halogens is 1. The van der Waals surface area contributed by atoms with Gasteiger partial charge in [-0.15, -0.1) is 11.8 Å². The number of nitrogens with zero attached hydrogens (tertiary/aromatic N) is 1. The topological polar surface area (TPSA) is 57.6 Å². The Labute approximate surface area is 108 Å². The molecule has 18 heavy (non-hydrogen) atoms. The molecule has 1 aromatic rings. The Morgan fingerprint density at radius 2 is 2.17 bits per heavy atom. The first-order chi connectivity index (χ1) is 8.59. The highest BCUT2D eigenvalue weighted by molar-refractivity contribution is 7.99. The zero-order valence-electron chi connectivity index (χ0n) is 9.51. The molecule has 2 rings (SSSR count). The highest BCUT2D eigenvalue weighted by Gasteiger charge is 2.34. The van der Waals surface area contributed by atoms with Crippen molar-refractivity contribution in [1.29, 1.82) is 0 Å². The van der Waals surface area contributed by atoms with E-state index in [1.807, 2.05) is 0 Å². The van der Waals surface area contributed by atoms with E-state index >= 15 is 0 Å². The Bertz CT molecular complexity index is 480. The maximum atomic E-state index is 13.4. The molecule has 1 fully saturated rings. The first-order valence-electron chi connectivity index (χ1n) is 5.43. The summed E-state index contributed by atoms with van der Waals surface area (Å²) in [6, 6.07) is 5.23. The van der Waals surface area contributed by atoms with Gasteiger partial charge in [0.1, 0.15) is 11.9 Å². The van der Waals surface area contributed by atoms with Gasteiger partial charge in [-0.3, -0.25) is 4.79 Å². The minimum Gasteiger partial charge on any atom is -0.480 e. The van der Waals surface area contributed by atoms with Crippen LogP contribution in [0.25, 0.3) is 0 Å². The number of aliphatic carboxylic acids is 1. The lowest BCUT2D eigenvalue weighted by Crippen LogP contribution is -2.42. The second-order valence-electron chi connectivity index (χ2n) is 3.99. The molecule has 1 aliphatic rings. The van der Waals surface area contributed by atoms with Crippen molar-refractivity contribution in [1.82, 2.24) is 4.90 Å². The number of benzene rings is 1. The summed E-state index contributed by atoms with van der Waals surface area (Å²) in [4.78, 5) is 24.2. The molecule has 1 amide bonds. The number of amides is 1. The maximum absolute atomic E-state index is 13.4. The molecule has 1 aliphatic heterocycles. The van der Waals surface area contributed by atoms with Gasteiger partial charge in [0, 0.05) is 5.75 Å². The van der Waals surface area contributed by atoms with Crippen LogP contribution in [0.5, 0.6) is 0 Å². The Kier molecular flexibility index (Phi) is 3.86. The molecule has 0 saturated carbocycles. The van der Waals surface area contributed by atoms with Crippen molar-refractivity contribution < 1.29 is 19.1 Å². The van der Waals surface area contributed by atoms with E-state index < -0.39 is 17.8 Å². The van der Waals surface area contributed by atoms with E-state index in [1.165, 1.54) is 28.8 Å². The summed E-state index contributed by atoms with van der Waals surface area (Å²) >= 11 is 1.39. The van der Waals surface area contributed by atoms with Gasteiger partial charge in [-0.2, -0.15) is 0 Å². The number of carboxylic acids is 1. The van der Waals surface area contributed by atoms with Crippen molar-refractivity contribution >= 4 is 23.6 Å². The van der Waals surface area contributed by atoms with Crippen molar-refractivity contribution in [3.63, 3.8) is 0 Å². The fraction of sp³-hybridized carbons (Fsp3) is 0.333. The molecule has 1 saturated heterocycles. The van der Waals surface area contributed by atoms with Gasteiger partial charge < -0.3 is 10.0 Å². The number of carbonyl (C=O) groups is 2.